The van der Waals surface area contributed by atoms with Crippen molar-refractivity contribution in [1.29, 1.82) is 0 Å². The predicted octanol–water partition coefficient (Wildman–Crippen LogP) is -3.52. The number of carboxylic acid groups (broad SMARTS) is 1. The summed E-state index contributed by atoms with van der Waals surface area (Å²) in [6.07, 6.45) is 6.55. The van der Waals surface area contributed by atoms with Gasteiger partial charge in [-0.05, 0) is 0 Å². The van der Waals surface area contributed by atoms with Gasteiger partial charge in [-0.15, -0.1) is 0 Å². The first-order chi connectivity index (χ1) is 3.80. The zero-order valence-corrected chi connectivity index (χ0v) is 7.20. The zero-order chi connectivity index (χ0) is 5.98. The second-order valence-corrected chi connectivity index (χ2v) is 1.61. The number of carbonyl (C=O) groups is 1. The smallest absolute Gasteiger partial charge is 0.549 e. The van der Waals surface area contributed by atoms with Gasteiger partial charge in [0.25, 0.3) is 0 Å². The van der Waals surface area contributed by atoms with Crippen LogP contribution in [0, 0.1) is 5.92 Å². The van der Waals surface area contributed by atoms with Crippen molar-refractivity contribution in [3.63, 3.8) is 0 Å². The molecule has 0 aliphatic heterocycles. The molecule has 0 aromatic carbocycles. The third-order valence-electron chi connectivity index (χ3n) is 1.02. The number of aliphatic carboxylic acids is 1. The van der Waals surface area contributed by atoms with Crippen LogP contribution in [0.5, 0.6) is 0 Å². The molecule has 1 aliphatic rings. The van der Waals surface area contributed by atoms with E-state index in [9.17, 15) is 9.90 Å². The topological polar surface area (TPSA) is 40.1 Å². The first-order valence-electron chi connectivity index (χ1n) is 2.36. The molecule has 0 fully saturated rings. The van der Waals surface area contributed by atoms with Crippen molar-refractivity contribution in [2.75, 3.05) is 0 Å². The van der Waals surface area contributed by atoms with Crippen molar-refractivity contribution in [2.24, 2.45) is 5.92 Å². The van der Waals surface area contributed by atoms with E-state index in [0.29, 0.717) is 0 Å². The van der Waals surface area contributed by atoms with Crippen LogP contribution in [-0.4, -0.2) is 5.97 Å². The summed E-state index contributed by atoms with van der Waals surface area (Å²) in [5, 5.41) is 9.99. The van der Waals surface area contributed by atoms with Gasteiger partial charge in [-0.1, -0.05) is 24.3 Å². The molecule has 0 amide bonds. The Morgan fingerprint density at radius 2 is 1.78 bits per heavy atom. The van der Waals surface area contributed by atoms with Gasteiger partial charge in [0.2, 0.25) is 0 Å². The summed E-state index contributed by atoms with van der Waals surface area (Å²) in [5.41, 5.74) is 0. The van der Waals surface area contributed by atoms with Crippen molar-refractivity contribution in [1.82, 2.24) is 0 Å². The van der Waals surface area contributed by atoms with E-state index in [1.807, 2.05) is 0 Å². The van der Waals surface area contributed by atoms with Crippen molar-refractivity contribution in [3.8, 4) is 0 Å². The minimum atomic E-state index is -1.03. The van der Waals surface area contributed by atoms with E-state index in [-0.39, 0.29) is 29.6 Å². The molecule has 0 atom stereocenters. The Bertz CT molecular complexity index is 148. The Labute approximate surface area is 75.5 Å². The van der Waals surface area contributed by atoms with Crippen molar-refractivity contribution in [3.05, 3.63) is 24.3 Å². The van der Waals surface area contributed by atoms with E-state index in [1.165, 1.54) is 0 Å². The molecule has 0 saturated carbocycles. The Hall–Kier alpha value is -0.0500. The van der Waals surface area contributed by atoms with Gasteiger partial charge >= 0.3 is 29.6 Å². The molecular formula is C6H5NaO2. The van der Waals surface area contributed by atoms with Crippen molar-refractivity contribution >= 4 is 5.97 Å². The third-order valence-corrected chi connectivity index (χ3v) is 1.02. The average Bonchev–Trinajstić information content (AvgIpc) is 2.12. The van der Waals surface area contributed by atoms with Gasteiger partial charge in [-0.25, -0.2) is 0 Å². The Morgan fingerprint density at radius 1 is 1.33 bits per heavy atom. The number of hydrogen-bond acceptors (Lipinski definition) is 2. The SMILES string of the molecule is O=C([O-])C1C=CC=C1.[Na+]. The summed E-state index contributed by atoms with van der Waals surface area (Å²) in [4.78, 5) is 9.99. The molecule has 0 aromatic heterocycles. The van der Waals surface area contributed by atoms with Gasteiger partial charge < -0.3 is 9.90 Å². The van der Waals surface area contributed by atoms with Crippen LogP contribution in [0.1, 0.15) is 0 Å². The Balaban J connectivity index is 0.000000640. The average molecular weight is 132 g/mol. The molecule has 9 heavy (non-hydrogen) atoms. The van der Waals surface area contributed by atoms with Crippen LogP contribution in [0.15, 0.2) is 24.3 Å². The number of carbonyl (C=O) groups excluding carboxylic acids is 1. The first-order valence-corrected chi connectivity index (χ1v) is 2.36. The van der Waals surface area contributed by atoms with Crippen LogP contribution in [0.2, 0.25) is 0 Å². The van der Waals surface area contributed by atoms with E-state index >= 15 is 0 Å². The molecule has 0 aromatic rings. The van der Waals surface area contributed by atoms with Crippen LogP contribution in [0.4, 0.5) is 0 Å². The summed E-state index contributed by atoms with van der Waals surface area (Å²) in [6, 6.07) is 0. The normalized spacial score (nSPS) is 15.6. The largest absolute Gasteiger partial charge is 1.00 e. The summed E-state index contributed by atoms with van der Waals surface area (Å²) < 4.78 is 0. The molecule has 42 valence electrons. The first kappa shape index (κ1) is 8.95. The van der Waals surface area contributed by atoms with E-state index < -0.39 is 11.9 Å². The quantitative estimate of drug-likeness (QED) is 0.347. The Kier molecular flexibility index (Phi) is 3.86. The standard InChI is InChI=1S/C6H6O2.Na/c7-6(8)5-3-1-2-4-5;/h1-5H,(H,7,8);/q;+1/p-1. The van der Waals surface area contributed by atoms with E-state index in [2.05, 4.69) is 0 Å². The molecule has 0 saturated heterocycles. The van der Waals surface area contributed by atoms with E-state index in [4.69, 9.17) is 0 Å². The van der Waals surface area contributed by atoms with Gasteiger partial charge in [0.1, 0.15) is 0 Å². The maximum Gasteiger partial charge on any atom is 1.00 e. The molecule has 0 unspecified atom stereocenters. The molecule has 1 aliphatic carbocycles. The van der Waals surface area contributed by atoms with Crippen LogP contribution in [-0.2, 0) is 4.79 Å². The van der Waals surface area contributed by atoms with Crippen LogP contribution in [0.25, 0.3) is 0 Å². The summed E-state index contributed by atoms with van der Waals surface area (Å²) in [6.45, 7) is 0. The van der Waals surface area contributed by atoms with Gasteiger partial charge in [0.05, 0.1) is 5.97 Å². The fraction of sp³-hybridized carbons (Fsp3) is 0.167. The monoisotopic (exact) mass is 132 g/mol. The molecule has 1 rings (SSSR count). The third kappa shape index (κ3) is 2.35. The summed E-state index contributed by atoms with van der Waals surface area (Å²) in [5.74, 6) is -1.52. The number of allylic oxidation sites excluding steroid dienone is 2. The number of rotatable bonds is 1. The second kappa shape index (κ2) is 3.88. The molecule has 2 nitrogen and oxygen atoms in total. The van der Waals surface area contributed by atoms with Gasteiger partial charge in [0, 0.05) is 5.92 Å². The van der Waals surface area contributed by atoms with Crippen molar-refractivity contribution in [2.45, 2.75) is 0 Å². The molecule has 0 radical (unpaired) electrons. The van der Waals surface area contributed by atoms with E-state index in [1.54, 1.807) is 24.3 Å². The fourth-order valence-electron chi connectivity index (χ4n) is 0.589. The molecule has 0 bridgehead atoms. The summed E-state index contributed by atoms with van der Waals surface area (Å²) in [7, 11) is 0. The second-order valence-electron chi connectivity index (χ2n) is 1.61. The van der Waals surface area contributed by atoms with Crippen LogP contribution in [0.3, 0.4) is 0 Å². The van der Waals surface area contributed by atoms with Crippen LogP contribution >= 0.6 is 0 Å². The molecular weight excluding hydrogens is 127 g/mol. The molecule has 3 heteroatoms. The Morgan fingerprint density at radius 3 is 2.00 bits per heavy atom. The molecule has 0 N–H and O–H groups in total. The van der Waals surface area contributed by atoms with Crippen LogP contribution < -0.4 is 34.7 Å². The predicted molar refractivity (Wildman–Crippen MR) is 26.8 cm³/mol. The molecule has 0 spiro atoms. The van der Waals surface area contributed by atoms with Gasteiger partial charge in [-0.3, -0.25) is 0 Å². The number of carboxylic acids is 1. The van der Waals surface area contributed by atoms with E-state index in [0.717, 1.165) is 0 Å². The summed E-state index contributed by atoms with van der Waals surface area (Å²) >= 11 is 0. The number of hydrogen-bond donors (Lipinski definition) is 0. The minimum Gasteiger partial charge on any atom is -0.549 e. The molecule has 0 heterocycles. The van der Waals surface area contributed by atoms with Crippen molar-refractivity contribution < 1.29 is 39.5 Å². The zero-order valence-electron chi connectivity index (χ0n) is 5.20. The minimum absolute atomic E-state index is 0. The van der Waals surface area contributed by atoms with Gasteiger partial charge in [-0.2, -0.15) is 0 Å². The fourth-order valence-corrected chi connectivity index (χ4v) is 0.589. The van der Waals surface area contributed by atoms with Gasteiger partial charge in [0.15, 0.2) is 0 Å². The maximum absolute atomic E-state index is 9.99. The maximum atomic E-state index is 9.99.